The average Bonchev–Trinajstić information content (AvgIpc) is 3.62. The molecule has 24 atom stereocenters. The van der Waals surface area contributed by atoms with Gasteiger partial charge in [0.2, 0.25) is 0 Å². The van der Waals surface area contributed by atoms with Gasteiger partial charge >= 0.3 is 0 Å². The fourth-order valence-corrected chi connectivity index (χ4v) is 14.5. The number of ether oxygens (including phenoxy) is 6. The normalized spacial score (nSPS) is 52.5. The van der Waals surface area contributed by atoms with Crippen molar-refractivity contribution in [2.75, 3.05) is 19.8 Å². The van der Waals surface area contributed by atoms with Crippen molar-refractivity contribution >= 4 is 0 Å². The zero-order chi connectivity index (χ0) is 47.1. The molecular formula is C47H80O17. The van der Waals surface area contributed by atoms with Crippen molar-refractivity contribution in [2.45, 2.75) is 217 Å². The summed E-state index contributed by atoms with van der Waals surface area (Å²) in [5, 5.41) is 118. The molecule has 0 aromatic carbocycles. The minimum Gasteiger partial charge on any atom is -0.394 e. The lowest BCUT2D eigenvalue weighted by Gasteiger charge is -2.71. The van der Waals surface area contributed by atoms with Gasteiger partial charge in [0.1, 0.15) is 67.1 Å². The van der Waals surface area contributed by atoms with Crippen LogP contribution in [0.1, 0.15) is 113 Å². The molecule has 64 heavy (non-hydrogen) atoms. The van der Waals surface area contributed by atoms with Crippen molar-refractivity contribution in [3.8, 4) is 0 Å². The van der Waals surface area contributed by atoms with Crippen molar-refractivity contribution in [2.24, 2.45) is 45.3 Å². The van der Waals surface area contributed by atoms with Crippen LogP contribution in [-0.4, -0.2) is 180 Å². The molecule has 7 aliphatic rings. The molecule has 11 N–H and O–H groups in total. The molecule has 0 aromatic rings. The molecular weight excluding hydrogens is 836 g/mol. The molecule has 5 unspecified atom stereocenters. The SMILES string of the molecule is CC(C)=CCCC(C)(O[C@@H]1O[C@H](CO[C@@H]2OC[C@@H](O)[C@H](O)[C@H]2O)[C@@H](O)[C@H](O)[C@H]1O)C1CC[C@]2(C)C1[C@H](O)CC1[C@@]3(C)CC[C@H](O[C@@H]4O[C@H](CO)[C@@H](O)[C@H](O)[C@H]4O)C(C)(C)C3CC[C@]12C. The van der Waals surface area contributed by atoms with E-state index in [0.717, 1.165) is 37.7 Å². The largest absolute Gasteiger partial charge is 0.394 e. The molecule has 0 radical (unpaired) electrons. The van der Waals surface area contributed by atoms with Crippen molar-refractivity contribution in [3.05, 3.63) is 11.6 Å². The van der Waals surface area contributed by atoms with Gasteiger partial charge in [0.05, 0.1) is 37.6 Å². The first kappa shape index (κ1) is 50.9. The maximum atomic E-state index is 12.7. The van der Waals surface area contributed by atoms with Crippen LogP contribution >= 0.6 is 0 Å². The molecule has 7 fully saturated rings. The molecule has 4 saturated carbocycles. The van der Waals surface area contributed by atoms with Gasteiger partial charge in [-0.1, -0.05) is 46.3 Å². The van der Waals surface area contributed by atoms with Crippen LogP contribution in [0.5, 0.6) is 0 Å². The maximum absolute atomic E-state index is 12.7. The van der Waals surface area contributed by atoms with E-state index in [0.29, 0.717) is 25.7 Å². The fraction of sp³-hybridized carbons (Fsp3) is 0.957. The predicted octanol–water partition coefficient (Wildman–Crippen LogP) is 0.612. The Kier molecular flexibility index (Phi) is 14.9. The van der Waals surface area contributed by atoms with Crippen LogP contribution in [0.25, 0.3) is 0 Å². The summed E-state index contributed by atoms with van der Waals surface area (Å²) in [6.07, 6.45) is -12.4. The lowest BCUT2D eigenvalue weighted by atomic mass is 9.35. The smallest absolute Gasteiger partial charge is 0.187 e. The Hall–Kier alpha value is -0.940. The number of fused-ring (bicyclic) bond motifs is 5. The van der Waals surface area contributed by atoms with E-state index in [1.807, 2.05) is 20.8 Å². The lowest BCUT2D eigenvalue weighted by Crippen LogP contribution is -2.67. The van der Waals surface area contributed by atoms with Gasteiger partial charge in [-0.2, -0.15) is 0 Å². The van der Waals surface area contributed by atoms with E-state index < -0.39 is 116 Å². The Labute approximate surface area is 377 Å². The summed E-state index contributed by atoms with van der Waals surface area (Å²) in [6, 6.07) is 0. The van der Waals surface area contributed by atoms with Gasteiger partial charge in [0, 0.05) is 0 Å². The minimum atomic E-state index is -1.68. The van der Waals surface area contributed by atoms with Crippen molar-refractivity contribution < 1.29 is 84.6 Å². The first-order valence-corrected chi connectivity index (χ1v) is 23.8. The Bertz CT molecular complexity index is 1630. The van der Waals surface area contributed by atoms with E-state index in [4.69, 9.17) is 28.4 Å². The summed E-state index contributed by atoms with van der Waals surface area (Å²) in [5.41, 5.74) is -0.948. The highest BCUT2D eigenvalue weighted by molar-refractivity contribution is 5.20. The molecule has 3 heterocycles. The van der Waals surface area contributed by atoms with Crippen LogP contribution in [-0.2, 0) is 28.4 Å². The minimum absolute atomic E-state index is 0.149. The molecule has 370 valence electrons. The molecule has 0 spiro atoms. The summed E-state index contributed by atoms with van der Waals surface area (Å²) in [7, 11) is 0. The fourth-order valence-electron chi connectivity index (χ4n) is 14.5. The second kappa shape index (κ2) is 18.8. The molecule has 0 aromatic heterocycles. The topological polar surface area (TPSA) is 278 Å². The number of rotatable bonds is 12. The average molecular weight is 917 g/mol. The number of hydrogen-bond acceptors (Lipinski definition) is 17. The quantitative estimate of drug-likeness (QED) is 0.0946. The van der Waals surface area contributed by atoms with Crippen LogP contribution in [0.15, 0.2) is 11.6 Å². The number of aliphatic hydroxyl groups is 11. The van der Waals surface area contributed by atoms with Crippen molar-refractivity contribution in [1.82, 2.24) is 0 Å². The van der Waals surface area contributed by atoms with E-state index in [2.05, 4.69) is 40.7 Å². The second-order valence-corrected chi connectivity index (χ2v) is 22.5. The zero-order valence-corrected chi connectivity index (χ0v) is 39.0. The highest BCUT2D eigenvalue weighted by Gasteiger charge is 2.72. The molecule has 0 bridgehead atoms. The molecule has 3 saturated heterocycles. The third-order valence-electron chi connectivity index (χ3n) is 18.4. The number of allylic oxidation sites excluding steroid dienone is 2. The molecule has 3 aliphatic heterocycles. The molecule has 0 amide bonds. The van der Waals surface area contributed by atoms with Gasteiger partial charge < -0.3 is 84.6 Å². The lowest BCUT2D eigenvalue weighted by molar-refractivity contribution is -0.346. The first-order valence-electron chi connectivity index (χ1n) is 23.8. The summed E-state index contributed by atoms with van der Waals surface area (Å²) in [6.45, 7) is 16.3. The molecule has 7 rings (SSSR count). The van der Waals surface area contributed by atoms with Crippen LogP contribution in [0.3, 0.4) is 0 Å². The van der Waals surface area contributed by atoms with E-state index >= 15 is 0 Å². The Morgan fingerprint density at radius 1 is 0.672 bits per heavy atom. The Morgan fingerprint density at radius 2 is 1.28 bits per heavy atom. The van der Waals surface area contributed by atoms with E-state index in [9.17, 15) is 56.2 Å². The third-order valence-corrected chi connectivity index (χ3v) is 18.4. The van der Waals surface area contributed by atoms with Crippen LogP contribution < -0.4 is 0 Å². The highest BCUT2D eigenvalue weighted by Crippen LogP contribution is 2.76. The van der Waals surface area contributed by atoms with E-state index in [1.165, 1.54) is 0 Å². The number of aliphatic hydroxyl groups excluding tert-OH is 11. The zero-order valence-electron chi connectivity index (χ0n) is 39.0. The second-order valence-electron chi connectivity index (χ2n) is 22.5. The van der Waals surface area contributed by atoms with Gasteiger partial charge in [-0.25, -0.2) is 0 Å². The highest BCUT2D eigenvalue weighted by atomic mass is 16.7. The summed E-state index contributed by atoms with van der Waals surface area (Å²) >= 11 is 0. The monoisotopic (exact) mass is 917 g/mol. The van der Waals surface area contributed by atoms with Crippen molar-refractivity contribution in [1.29, 1.82) is 0 Å². The standard InChI is InChI=1S/C47H80O17/c1-22(2)10-9-14-47(8,64-42-39(58)36(55)34(53)27(62-42)21-60-40-37(56)32(51)25(50)20-59-40)23-11-16-46(7)31(23)24(49)18-29-44(5)15-13-30(43(3,4)28(44)12-17-45(29,46)6)63-41-38(57)35(54)33(52)26(19-48)61-41/h10,23-42,48-58H,9,11-21H2,1-8H3/t23?,24-,25-,26-,27-,28?,29?,30+,31?,32+,33-,34-,35+,36+,37-,38-,39-,40+,41+,42+,44+,45-,46-,47?/m1/s1. The molecule has 17 heteroatoms. The van der Waals surface area contributed by atoms with Crippen LogP contribution in [0.4, 0.5) is 0 Å². The molecule has 17 nitrogen and oxygen atoms in total. The van der Waals surface area contributed by atoms with Gasteiger partial charge in [0.15, 0.2) is 18.9 Å². The van der Waals surface area contributed by atoms with Gasteiger partial charge in [-0.3, -0.25) is 0 Å². The molecule has 4 aliphatic carbocycles. The first-order chi connectivity index (χ1) is 29.9. The Balaban J connectivity index is 1.11. The van der Waals surface area contributed by atoms with E-state index in [-0.39, 0.29) is 52.6 Å². The van der Waals surface area contributed by atoms with Gasteiger partial charge in [-0.05, 0) is 124 Å². The predicted molar refractivity (Wildman–Crippen MR) is 228 cm³/mol. The van der Waals surface area contributed by atoms with Crippen LogP contribution in [0.2, 0.25) is 0 Å². The number of hydrogen-bond donors (Lipinski definition) is 11. The van der Waals surface area contributed by atoms with Crippen molar-refractivity contribution in [3.63, 3.8) is 0 Å². The van der Waals surface area contributed by atoms with Gasteiger partial charge in [0.25, 0.3) is 0 Å². The van der Waals surface area contributed by atoms with Gasteiger partial charge in [-0.15, -0.1) is 0 Å². The van der Waals surface area contributed by atoms with E-state index in [1.54, 1.807) is 0 Å². The summed E-state index contributed by atoms with van der Waals surface area (Å²) in [5.74, 6) is -0.0478. The summed E-state index contributed by atoms with van der Waals surface area (Å²) in [4.78, 5) is 0. The van der Waals surface area contributed by atoms with Crippen LogP contribution in [0, 0.1) is 45.3 Å². The summed E-state index contributed by atoms with van der Waals surface area (Å²) < 4.78 is 36.5. The maximum Gasteiger partial charge on any atom is 0.187 e. The third kappa shape index (κ3) is 8.60. The Morgan fingerprint density at radius 3 is 1.94 bits per heavy atom.